The van der Waals surface area contributed by atoms with Crippen molar-refractivity contribution in [2.75, 3.05) is 0 Å². The maximum Gasteiger partial charge on any atom is 0.317 e. The summed E-state index contributed by atoms with van der Waals surface area (Å²) in [4.78, 5) is 11.2. The van der Waals surface area contributed by atoms with Gasteiger partial charge in [-0.25, -0.2) is 0 Å². The number of carbonyl (C=O) groups is 1. The second kappa shape index (κ2) is 4.31. The Morgan fingerprint density at radius 3 is 2.86 bits per heavy atom. The average molecular weight is 196 g/mol. The van der Waals surface area contributed by atoms with Crippen LogP contribution in [0.5, 0.6) is 0 Å². The van der Waals surface area contributed by atoms with Crippen LogP contribution in [0.15, 0.2) is 24.0 Å². The molecule has 14 heavy (non-hydrogen) atoms. The first-order valence-electron chi connectivity index (χ1n) is 4.93. The molecule has 0 radical (unpaired) electrons. The van der Waals surface area contributed by atoms with Crippen LogP contribution in [0.4, 0.5) is 0 Å². The molecule has 0 aromatic heterocycles. The molecule has 0 aliphatic heterocycles. The summed E-state index contributed by atoms with van der Waals surface area (Å²) in [5.41, 5.74) is -1.06. The van der Waals surface area contributed by atoms with Gasteiger partial charge >= 0.3 is 5.97 Å². The SMILES string of the molecule is CCCCC1(C(=O)O)CC=CC=C1O. The van der Waals surface area contributed by atoms with Crippen LogP contribution in [-0.2, 0) is 4.79 Å². The molecule has 0 heterocycles. The second-order valence-corrected chi connectivity index (χ2v) is 3.67. The molecule has 0 spiro atoms. The van der Waals surface area contributed by atoms with Crippen molar-refractivity contribution >= 4 is 5.97 Å². The van der Waals surface area contributed by atoms with Crippen LogP contribution < -0.4 is 0 Å². The molecule has 3 heteroatoms. The molecule has 1 aliphatic carbocycles. The van der Waals surface area contributed by atoms with Gasteiger partial charge in [0.2, 0.25) is 0 Å². The topological polar surface area (TPSA) is 57.5 Å². The van der Waals surface area contributed by atoms with Crippen LogP contribution in [0.3, 0.4) is 0 Å². The van der Waals surface area contributed by atoms with Gasteiger partial charge in [0.05, 0.1) is 0 Å². The third-order valence-electron chi connectivity index (χ3n) is 2.71. The Hall–Kier alpha value is -1.25. The second-order valence-electron chi connectivity index (χ2n) is 3.67. The van der Waals surface area contributed by atoms with Crippen LogP contribution in [0, 0.1) is 5.41 Å². The molecular formula is C11H16O3. The van der Waals surface area contributed by atoms with Gasteiger partial charge in [0, 0.05) is 0 Å². The molecule has 0 amide bonds. The van der Waals surface area contributed by atoms with Crippen molar-refractivity contribution in [1.82, 2.24) is 0 Å². The first-order chi connectivity index (χ1) is 6.63. The number of carboxylic acid groups (broad SMARTS) is 1. The number of carboxylic acids is 1. The molecule has 0 aromatic carbocycles. The van der Waals surface area contributed by atoms with Crippen molar-refractivity contribution in [3.63, 3.8) is 0 Å². The maximum atomic E-state index is 11.2. The molecule has 0 fully saturated rings. The van der Waals surface area contributed by atoms with Gasteiger partial charge in [-0.05, 0) is 18.9 Å². The average Bonchev–Trinajstić information content (AvgIpc) is 2.16. The summed E-state index contributed by atoms with van der Waals surface area (Å²) in [6.07, 6.45) is 7.62. The van der Waals surface area contributed by atoms with Crippen molar-refractivity contribution in [2.24, 2.45) is 5.41 Å². The predicted molar refractivity (Wildman–Crippen MR) is 54.1 cm³/mol. The molecule has 0 aromatic rings. The van der Waals surface area contributed by atoms with E-state index in [1.165, 1.54) is 6.08 Å². The van der Waals surface area contributed by atoms with Gasteiger partial charge in [0.15, 0.2) is 0 Å². The molecule has 1 aliphatic rings. The summed E-state index contributed by atoms with van der Waals surface area (Å²) in [6, 6.07) is 0. The van der Waals surface area contributed by atoms with Crippen molar-refractivity contribution in [2.45, 2.75) is 32.6 Å². The third-order valence-corrected chi connectivity index (χ3v) is 2.71. The molecule has 1 atom stereocenters. The highest BCUT2D eigenvalue weighted by atomic mass is 16.4. The lowest BCUT2D eigenvalue weighted by atomic mass is 9.76. The standard InChI is InChI=1S/C11H16O3/c1-2-3-7-11(10(13)14)8-5-4-6-9(11)12/h4-6,12H,2-3,7-8H2,1H3,(H,13,14). The van der Waals surface area contributed by atoms with Gasteiger partial charge in [-0.3, -0.25) is 4.79 Å². The van der Waals surface area contributed by atoms with E-state index < -0.39 is 11.4 Å². The lowest BCUT2D eigenvalue weighted by Gasteiger charge is -2.29. The number of unbranched alkanes of at least 4 members (excludes halogenated alkanes) is 1. The van der Waals surface area contributed by atoms with E-state index in [2.05, 4.69) is 0 Å². The molecule has 0 saturated heterocycles. The monoisotopic (exact) mass is 196 g/mol. The summed E-state index contributed by atoms with van der Waals surface area (Å²) in [5.74, 6) is -0.940. The highest BCUT2D eigenvalue weighted by Gasteiger charge is 2.41. The Labute approximate surface area is 83.8 Å². The fraction of sp³-hybridized carbons (Fsp3) is 0.545. The van der Waals surface area contributed by atoms with Crippen LogP contribution in [0.1, 0.15) is 32.6 Å². The first-order valence-corrected chi connectivity index (χ1v) is 4.93. The van der Waals surface area contributed by atoms with Crippen LogP contribution in [0.2, 0.25) is 0 Å². The quantitative estimate of drug-likeness (QED) is 0.726. The fourth-order valence-corrected chi connectivity index (χ4v) is 1.70. The highest BCUT2D eigenvalue weighted by molar-refractivity contribution is 5.78. The number of hydrogen-bond donors (Lipinski definition) is 2. The molecular weight excluding hydrogens is 180 g/mol. The lowest BCUT2D eigenvalue weighted by molar-refractivity contribution is -0.148. The molecule has 3 nitrogen and oxygen atoms in total. The number of aliphatic hydroxyl groups excluding tert-OH is 1. The number of rotatable bonds is 4. The summed E-state index contributed by atoms with van der Waals surface area (Å²) in [7, 11) is 0. The zero-order valence-corrected chi connectivity index (χ0v) is 8.36. The number of aliphatic carboxylic acids is 1. The van der Waals surface area contributed by atoms with Gasteiger partial charge in [0.1, 0.15) is 11.2 Å². The predicted octanol–water partition coefficient (Wildman–Crippen LogP) is 2.65. The van der Waals surface area contributed by atoms with E-state index in [0.29, 0.717) is 12.8 Å². The highest BCUT2D eigenvalue weighted by Crippen LogP contribution is 2.38. The number of aliphatic hydroxyl groups is 1. The summed E-state index contributed by atoms with van der Waals surface area (Å²) in [5, 5.41) is 18.8. The lowest BCUT2D eigenvalue weighted by Crippen LogP contribution is -2.33. The molecule has 2 N–H and O–H groups in total. The molecule has 0 bridgehead atoms. The van der Waals surface area contributed by atoms with E-state index in [1.54, 1.807) is 12.2 Å². The fourth-order valence-electron chi connectivity index (χ4n) is 1.70. The van der Waals surface area contributed by atoms with E-state index in [4.69, 9.17) is 5.11 Å². The normalized spacial score (nSPS) is 25.9. The first kappa shape index (κ1) is 10.8. The summed E-state index contributed by atoms with van der Waals surface area (Å²) >= 11 is 0. The Bertz CT molecular complexity index is 278. The minimum Gasteiger partial charge on any atom is -0.511 e. The van der Waals surface area contributed by atoms with Crippen molar-refractivity contribution in [1.29, 1.82) is 0 Å². The van der Waals surface area contributed by atoms with Gasteiger partial charge in [-0.1, -0.05) is 31.9 Å². The van der Waals surface area contributed by atoms with E-state index in [1.807, 2.05) is 6.92 Å². The van der Waals surface area contributed by atoms with Gasteiger partial charge in [0.25, 0.3) is 0 Å². The molecule has 1 unspecified atom stereocenters. The van der Waals surface area contributed by atoms with Crippen molar-refractivity contribution in [3.05, 3.63) is 24.0 Å². The molecule has 78 valence electrons. The van der Waals surface area contributed by atoms with Crippen molar-refractivity contribution in [3.8, 4) is 0 Å². The van der Waals surface area contributed by atoms with Crippen LogP contribution in [0.25, 0.3) is 0 Å². The van der Waals surface area contributed by atoms with Crippen LogP contribution >= 0.6 is 0 Å². The van der Waals surface area contributed by atoms with E-state index in [9.17, 15) is 9.90 Å². The zero-order valence-electron chi connectivity index (χ0n) is 8.36. The zero-order chi connectivity index (χ0) is 10.6. The third kappa shape index (κ3) is 1.81. The summed E-state index contributed by atoms with van der Waals surface area (Å²) in [6.45, 7) is 2.01. The van der Waals surface area contributed by atoms with E-state index in [-0.39, 0.29) is 5.76 Å². The van der Waals surface area contributed by atoms with Crippen molar-refractivity contribution < 1.29 is 15.0 Å². The minimum absolute atomic E-state index is 0.0130. The van der Waals surface area contributed by atoms with Gasteiger partial charge in [-0.15, -0.1) is 0 Å². The number of hydrogen-bond acceptors (Lipinski definition) is 2. The van der Waals surface area contributed by atoms with E-state index >= 15 is 0 Å². The Kier molecular flexibility index (Phi) is 3.33. The van der Waals surface area contributed by atoms with Gasteiger partial charge in [-0.2, -0.15) is 0 Å². The largest absolute Gasteiger partial charge is 0.511 e. The van der Waals surface area contributed by atoms with E-state index in [0.717, 1.165) is 12.8 Å². The summed E-state index contributed by atoms with van der Waals surface area (Å²) < 4.78 is 0. The molecule has 0 saturated carbocycles. The Balaban J connectivity index is 2.87. The molecule has 1 rings (SSSR count). The Morgan fingerprint density at radius 1 is 1.64 bits per heavy atom. The Morgan fingerprint density at radius 2 is 2.36 bits per heavy atom. The minimum atomic E-state index is -1.06. The van der Waals surface area contributed by atoms with Gasteiger partial charge < -0.3 is 10.2 Å². The maximum absolute atomic E-state index is 11.2. The smallest absolute Gasteiger partial charge is 0.317 e. The van der Waals surface area contributed by atoms with Crippen LogP contribution in [-0.4, -0.2) is 16.2 Å². The number of allylic oxidation sites excluding steroid dienone is 3.